The normalized spacial score (nSPS) is 12.3. The summed E-state index contributed by atoms with van der Waals surface area (Å²) in [7, 11) is -2.43. The van der Waals surface area contributed by atoms with Crippen molar-refractivity contribution in [2.45, 2.75) is 24.3 Å². The summed E-state index contributed by atoms with van der Waals surface area (Å²) in [6.07, 6.45) is 0. The third-order valence-electron chi connectivity index (χ3n) is 2.53. The first-order valence-corrected chi connectivity index (χ1v) is 8.53. The molecule has 6 nitrogen and oxygen atoms in total. The highest BCUT2D eigenvalue weighted by atomic mass is 79.9. The molecule has 0 saturated carbocycles. The quantitative estimate of drug-likeness (QED) is 0.790. The van der Waals surface area contributed by atoms with Crippen LogP contribution in [0.5, 0.6) is 0 Å². The van der Waals surface area contributed by atoms with E-state index in [1.807, 2.05) is 0 Å². The molecule has 0 aliphatic heterocycles. The third kappa shape index (κ3) is 4.93. The number of hydrogen-bond acceptors (Lipinski definition) is 4. The van der Waals surface area contributed by atoms with Crippen LogP contribution in [0.2, 0.25) is 5.02 Å². The van der Waals surface area contributed by atoms with Crippen molar-refractivity contribution in [2.75, 3.05) is 13.7 Å². The molecule has 1 aromatic carbocycles. The van der Waals surface area contributed by atoms with Crippen LogP contribution in [-0.2, 0) is 14.8 Å². The number of nitrogens with two attached hydrogens (primary N) is 1. The first-order chi connectivity index (χ1) is 9.48. The Labute approximate surface area is 137 Å². The Morgan fingerprint density at radius 3 is 2.52 bits per heavy atom. The highest BCUT2D eigenvalue weighted by molar-refractivity contribution is 9.10. The smallest absolute Gasteiger partial charge is 0.253 e. The molecule has 1 amide bonds. The predicted molar refractivity (Wildman–Crippen MR) is 83.9 cm³/mol. The molecule has 1 aromatic rings. The lowest BCUT2D eigenvalue weighted by atomic mass is 10.1. The molecular weight excluding hydrogens is 384 g/mol. The average molecular weight is 400 g/mol. The van der Waals surface area contributed by atoms with Gasteiger partial charge in [-0.15, -0.1) is 0 Å². The Morgan fingerprint density at radius 1 is 1.48 bits per heavy atom. The monoisotopic (exact) mass is 398 g/mol. The first kappa shape index (κ1) is 18.4. The number of ether oxygens (including phenoxy) is 1. The van der Waals surface area contributed by atoms with Gasteiger partial charge in [0.15, 0.2) is 0 Å². The van der Waals surface area contributed by atoms with Gasteiger partial charge in [-0.05, 0) is 41.9 Å². The highest BCUT2D eigenvalue weighted by Crippen LogP contribution is 2.29. The van der Waals surface area contributed by atoms with Crippen molar-refractivity contribution >= 4 is 43.5 Å². The Kier molecular flexibility index (Phi) is 5.79. The molecule has 0 bridgehead atoms. The molecule has 3 N–H and O–H groups in total. The summed E-state index contributed by atoms with van der Waals surface area (Å²) in [5.74, 6) is -0.520. The van der Waals surface area contributed by atoms with E-state index in [4.69, 9.17) is 21.5 Å². The lowest BCUT2D eigenvalue weighted by Crippen LogP contribution is -2.46. The number of nitrogens with one attached hydrogen (secondary N) is 1. The van der Waals surface area contributed by atoms with Crippen molar-refractivity contribution in [3.05, 3.63) is 27.2 Å². The summed E-state index contributed by atoms with van der Waals surface area (Å²) in [5.41, 5.74) is -0.626. The van der Waals surface area contributed by atoms with Gasteiger partial charge < -0.3 is 10.1 Å². The van der Waals surface area contributed by atoms with Gasteiger partial charge in [0.05, 0.1) is 27.6 Å². The number of methoxy groups -OCH3 is 1. The Balaban J connectivity index is 3.24. The second-order valence-corrected chi connectivity index (χ2v) is 7.88. The zero-order valence-corrected chi connectivity index (χ0v) is 14.9. The van der Waals surface area contributed by atoms with Crippen LogP contribution in [0.25, 0.3) is 0 Å². The SMILES string of the molecule is COCC(C)(C)NC(=O)c1cc(S(N)(=O)=O)cc(Br)c1Cl. The summed E-state index contributed by atoms with van der Waals surface area (Å²) in [6, 6.07) is 2.38. The lowest BCUT2D eigenvalue weighted by Gasteiger charge is -2.25. The predicted octanol–water partition coefficient (Wildman–Crippen LogP) is 1.90. The topological polar surface area (TPSA) is 98.5 Å². The van der Waals surface area contributed by atoms with Gasteiger partial charge in [-0.1, -0.05) is 11.6 Å². The second-order valence-electron chi connectivity index (χ2n) is 5.08. The van der Waals surface area contributed by atoms with E-state index >= 15 is 0 Å². The van der Waals surface area contributed by atoms with Gasteiger partial charge in [0.25, 0.3) is 5.91 Å². The van der Waals surface area contributed by atoms with Crippen molar-refractivity contribution in [2.24, 2.45) is 5.14 Å². The molecule has 21 heavy (non-hydrogen) atoms. The van der Waals surface area contributed by atoms with E-state index in [-0.39, 0.29) is 26.6 Å². The van der Waals surface area contributed by atoms with Crippen molar-refractivity contribution in [3.63, 3.8) is 0 Å². The molecule has 1 rings (SSSR count). The highest BCUT2D eigenvalue weighted by Gasteiger charge is 2.24. The van der Waals surface area contributed by atoms with Crippen LogP contribution < -0.4 is 10.5 Å². The Morgan fingerprint density at radius 2 is 2.05 bits per heavy atom. The maximum absolute atomic E-state index is 12.3. The van der Waals surface area contributed by atoms with E-state index in [1.54, 1.807) is 13.8 Å². The van der Waals surface area contributed by atoms with Crippen LogP contribution in [0, 0.1) is 0 Å². The minimum absolute atomic E-state index is 0.0132. The van der Waals surface area contributed by atoms with Crippen LogP contribution in [0.4, 0.5) is 0 Å². The van der Waals surface area contributed by atoms with Gasteiger partial charge in [0.2, 0.25) is 10.0 Å². The molecule has 0 heterocycles. The lowest BCUT2D eigenvalue weighted by molar-refractivity contribution is 0.0820. The molecule has 0 aromatic heterocycles. The standard InChI is InChI=1S/C12H16BrClN2O4S/c1-12(2,6-20-3)16-11(17)8-4-7(21(15,18)19)5-9(13)10(8)14/h4-5H,6H2,1-3H3,(H,16,17)(H2,15,18,19). The number of amides is 1. The Bertz CT molecular complexity index is 661. The average Bonchev–Trinajstić information content (AvgIpc) is 2.29. The molecule has 0 aliphatic rings. The number of sulfonamides is 1. The summed E-state index contributed by atoms with van der Waals surface area (Å²) in [5, 5.41) is 7.90. The summed E-state index contributed by atoms with van der Waals surface area (Å²) < 4.78 is 28.1. The van der Waals surface area contributed by atoms with Crippen molar-refractivity contribution < 1.29 is 17.9 Å². The maximum atomic E-state index is 12.3. The minimum atomic E-state index is -3.95. The molecular formula is C12H16BrClN2O4S. The maximum Gasteiger partial charge on any atom is 0.253 e. The van der Waals surface area contributed by atoms with Crippen molar-refractivity contribution in [1.29, 1.82) is 0 Å². The molecule has 0 spiro atoms. The molecule has 0 atom stereocenters. The summed E-state index contributed by atoms with van der Waals surface area (Å²) >= 11 is 9.15. The zero-order valence-electron chi connectivity index (χ0n) is 11.7. The number of carbonyl (C=O) groups is 1. The number of benzene rings is 1. The number of hydrogen-bond donors (Lipinski definition) is 2. The van der Waals surface area contributed by atoms with Crippen LogP contribution in [0.3, 0.4) is 0 Å². The largest absolute Gasteiger partial charge is 0.382 e. The van der Waals surface area contributed by atoms with E-state index < -0.39 is 21.5 Å². The van der Waals surface area contributed by atoms with Gasteiger partial charge in [-0.2, -0.15) is 0 Å². The molecule has 0 saturated heterocycles. The van der Waals surface area contributed by atoms with Gasteiger partial charge >= 0.3 is 0 Å². The molecule has 0 unspecified atom stereocenters. The number of halogens is 2. The van der Waals surface area contributed by atoms with Crippen LogP contribution in [0.15, 0.2) is 21.5 Å². The molecule has 0 radical (unpaired) electrons. The summed E-state index contributed by atoms with van der Waals surface area (Å²) in [4.78, 5) is 12.1. The van der Waals surface area contributed by atoms with Gasteiger partial charge in [0.1, 0.15) is 0 Å². The van der Waals surface area contributed by atoms with Crippen molar-refractivity contribution in [1.82, 2.24) is 5.32 Å². The van der Waals surface area contributed by atoms with Crippen LogP contribution >= 0.6 is 27.5 Å². The van der Waals surface area contributed by atoms with Crippen molar-refractivity contribution in [3.8, 4) is 0 Å². The first-order valence-electron chi connectivity index (χ1n) is 5.81. The Hall–Kier alpha value is -0.670. The van der Waals surface area contributed by atoms with E-state index in [9.17, 15) is 13.2 Å². The van der Waals surface area contributed by atoms with Gasteiger partial charge in [-0.25, -0.2) is 13.6 Å². The molecule has 9 heteroatoms. The molecule has 0 aliphatic carbocycles. The van der Waals surface area contributed by atoms with Crippen LogP contribution in [-0.4, -0.2) is 33.6 Å². The van der Waals surface area contributed by atoms with E-state index in [1.165, 1.54) is 13.2 Å². The third-order valence-corrected chi connectivity index (χ3v) is 4.69. The second kappa shape index (κ2) is 6.62. The fourth-order valence-electron chi connectivity index (χ4n) is 1.67. The molecule has 0 fully saturated rings. The van der Waals surface area contributed by atoms with E-state index in [0.29, 0.717) is 0 Å². The van der Waals surface area contributed by atoms with Gasteiger partial charge in [0, 0.05) is 11.6 Å². The number of primary sulfonamides is 1. The number of carbonyl (C=O) groups excluding carboxylic acids is 1. The van der Waals surface area contributed by atoms with Gasteiger partial charge in [-0.3, -0.25) is 4.79 Å². The summed E-state index contributed by atoms with van der Waals surface area (Å²) in [6.45, 7) is 3.81. The minimum Gasteiger partial charge on any atom is -0.382 e. The fourth-order valence-corrected chi connectivity index (χ4v) is 3.04. The molecule has 118 valence electrons. The zero-order chi connectivity index (χ0) is 16.4. The fraction of sp³-hybridized carbons (Fsp3) is 0.417. The van der Waals surface area contributed by atoms with Crippen LogP contribution in [0.1, 0.15) is 24.2 Å². The number of rotatable bonds is 5. The van der Waals surface area contributed by atoms with E-state index in [2.05, 4.69) is 21.2 Å². The van der Waals surface area contributed by atoms with E-state index in [0.717, 1.165) is 6.07 Å².